The summed E-state index contributed by atoms with van der Waals surface area (Å²) in [6.07, 6.45) is 1.64. The van der Waals surface area contributed by atoms with Gasteiger partial charge in [-0.15, -0.1) is 0 Å². The van der Waals surface area contributed by atoms with Crippen LogP contribution in [0.4, 0.5) is 0 Å². The van der Waals surface area contributed by atoms with Crippen LogP contribution in [0.2, 0.25) is 0 Å². The molecule has 0 saturated heterocycles. The summed E-state index contributed by atoms with van der Waals surface area (Å²) in [6, 6.07) is 18.3. The predicted octanol–water partition coefficient (Wildman–Crippen LogP) is 4.02. The Kier molecular flexibility index (Phi) is 4.98. The second-order valence-corrected chi connectivity index (χ2v) is 6.41. The van der Waals surface area contributed by atoms with Gasteiger partial charge in [-0.3, -0.25) is 4.79 Å². The van der Waals surface area contributed by atoms with Gasteiger partial charge in [0.1, 0.15) is 0 Å². The molecule has 1 heterocycles. The van der Waals surface area contributed by atoms with Crippen molar-refractivity contribution in [2.75, 3.05) is 6.54 Å². The number of carbonyl (C=O) groups is 1. The van der Waals surface area contributed by atoms with E-state index in [2.05, 4.69) is 29.5 Å². The summed E-state index contributed by atoms with van der Waals surface area (Å²) in [4.78, 5) is 12.5. The molecule has 0 radical (unpaired) electrons. The summed E-state index contributed by atoms with van der Waals surface area (Å²) < 4.78 is 1.80. The quantitative estimate of drug-likeness (QED) is 0.766. The fourth-order valence-corrected chi connectivity index (χ4v) is 2.82. The molecular formula is C21H23N3O. The van der Waals surface area contributed by atoms with Gasteiger partial charge >= 0.3 is 0 Å². The van der Waals surface area contributed by atoms with E-state index in [1.165, 1.54) is 11.1 Å². The maximum Gasteiger partial charge on any atom is 0.254 e. The summed E-state index contributed by atoms with van der Waals surface area (Å²) in [5.74, 6) is 0.177. The van der Waals surface area contributed by atoms with Crippen molar-refractivity contribution in [3.8, 4) is 5.69 Å². The highest BCUT2D eigenvalue weighted by molar-refractivity contribution is 5.95. The van der Waals surface area contributed by atoms with Crippen LogP contribution in [0.3, 0.4) is 0 Å². The van der Waals surface area contributed by atoms with Crippen molar-refractivity contribution in [2.45, 2.75) is 26.7 Å². The molecule has 0 bridgehead atoms. The highest BCUT2D eigenvalue weighted by Crippen LogP contribution is 2.16. The van der Waals surface area contributed by atoms with Crippen molar-refractivity contribution in [2.24, 2.45) is 0 Å². The van der Waals surface area contributed by atoms with Crippen LogP contribution in [0.25, 0.3) is 5.69 Å². The van der Waals surface area contributed by atoms with Crippen molar-refractivity contribution in [3.05, 3.63) is 83.2 Å². The number of nitrogens with zero attached hydrogens (tertiary/aromatic N) is 2. The topological polar surface area (TPSA) is 46.9 Å². The molecule has 3 aromatic rings. The number of hydrogen-bond donors (Lipinski definition) is 1. The lowest BCUT2D eigenvalue weighted by Crippen LogP contribution is -2.27. The molecule has 1 N–H and O–H groups in total. The number of aryl methyl sites for hydroxylation is 1. The van der Waals surface area contributed by atoms with Crippen LogP contribution in [0.1, 0.15) is 40.0 Å². The zero-order valence-corrected chi connectivity index (χ0v) is 14.9. The number of rotatable bonds is 5. The van der Waals surface area contributed by atoms with Gasteiger partial charge < -0.3 is 5.32 Å². The highest BCUT2D eigenvalue weighted by atomic mass is 16.1. The number of benzene rings is 2. The smallest absolute Gasteiger partial charge is 0.254 e. The predicted molar refractivity (Wildman–Crippen MR) is 100 cm³/mol. The van der Waals surface area contributed by atoms with Crippen LogP contribution in [-0.2, 0) is 0 Å². The highest BCUT2D eigenvalue weighted by Gasteiger charge is 2.16. The van der Waals surface area contributed by atoms with Crippen molar-refractivity contribution >= 4 is 5.91 Å². The Morgan fingerprint density at radius 1 is 1.08 bits per heavy atom. The van der Waals surface area contributed by atoms with Crippen LogP contribution in [0, 0.1) is 13.8 Å². The van der Waals surface area contributed by atoms with Gasteiger partial charge in [0.05, 0.1) is 23.1 Å². The largest absolute Gasteiger partial charge is 0.351 e. The number of amides is 1. The first-order chi connectivity index (χ1) is 12.1. The first kappa shape index (κ1) is 17.0. The monoisotopic (exact) mass is 333 g/mol. The van der Waals surface area contributed by atoms with E-state index in [1.807, 2.05) is 56.3 Å². The van der Waals surface area contributed by atoms with Gasteiger partial charge in [-0.2, -0.15) is 5.10 Å². The Hall–Kier alpha value is -2.88. The standard InChI is InChI=1S/C21H23N3O/c1-15-9-11-19(12-10-15)24-17(3)20(14-23-24)21(25)22-13-16(2)18-7-5-4-6-8-18/h4-12,14,16H,13H2,1-3H3,(H,22,25). The molecule has 0 spiro atoms. The third kappa shape index (κ3) is 3.79. The summed E-state index contributed by atoms with van der Waals surface area (Å²) >= 11 is 0. The van der Waals surface area contributed by atoms with E-state index in [0.717, 1.165) is 11.4 Å². The lowest BCUT2D eigenvalue weighted by molar-refractivity contribution is 0.0951. The normalized spacial score (nSPS) is 12.0. The minimum absolute atomic E-state index is 0.0846. The van der Waals surface area contributed by atoms with Crippen LogP contribution in [0.15, 0.2) is 60.8 Å². The van der Waals surface area contributed by atoms with Gasteiger partial charge in [0.15, 0.2) is 0 Å². The summed E-state index contributed by atoms with van der Waals surface area (Å²) in [5.41, 5.74) is 4.82. The molecule has 1 aromatic heterocycles. The van der Waals surface area contributed by atoms with E-state index in [4.69, 9.17) is 0 Å². The lowest BCUT2D eigenvalue weighted by atomic mass is 10.0. The molecule has 128 valence electrons. The average Bonchev–Trinajstić information content (AvgIpc) is 3.02. The number of aromatic nitrogens is 2. The Labute approximate surface area is 148 Å². The first-order valence-corrected chi connectivity index (χ1v) is 8.51. The molecule has 0 aliphatic carbocycles. The Bertz CT molecular complexity index is 851. The molecule has 1 amide bonds. The minimum atomic E-state index is -0.0846. The third-order valence-corrected chi connectivity index (χ3v) is 4.47. The van der Waals surface area contributed by atoms with E-state index >= 15 is 0 Å². The number of nitrogens with one attached hydrogen (secondary N) is 1. The van der Waals surface area contributed by atoms with E-state index in [-0.39, 0.29) is 11.8 Å². The summed E-state index contributed by atoms with van der Waals surface area (Å²) in [5, 5.41) is 7.40. The maximum atomic E-state index is 12.5. The molecule has 0 fully saturated rings. The van der Waals surface area contributed by atoms with Gasteiger partial charge in [0.2, 0.25) is 0 Å². The van der Waals surface area contributed by atoms with Crippen molar-refractivity contribution in [1.29, 1.82) is 0 Å². The van der Waals surface area contributed by atoms with Crippen LogP contribution in [0.5, 0.6) is 0 Å². The summed E-state index contributed by atoms with van der Waals surface area (Å²) in [7, 11) is 0. The third-order valence-electron chi connectivity index (χ3n) is 4.47. The number of hydrogen-bond acceptors (Lipinski definition) is 2. The fourth-order valence-electron chi connectivity index (χ4n) is 2.82. The molecule has 0 saturated carbocycles. The minimum Gasteiger partial charge on any atom is -0.351 e. The van der Waals surface area contributed by atoms with Crippen LogP contribution >= 0.6 is 0 Å². The second-order valence-electron chi connectivity index (χ2n) is 6.41. The molecule has 2 aromatic carbocycles. The van der Waals surface area contributed by atoms with Gasteiger partial charge in [-0.1, -0.05) is 55.0 Å². The van der Waals surface area contributed by atoms with Gasteiger partial charge in [0, 0.05) is 6.54 Å². The van der Waals surface area contributed by atoms with E-state index < -0.39 is 0 Å². The SMILES string of the molecule is Cc1ccc(-n2ncc(C(=O)NCC(C)c3ccccc3)c2C)cc1. The lowest BCUT2D eigenvalue weighted by Gasteiger charge is -2.13. The molecule has 3 rings (SSSR count). The van der Waals surface area contributed by atoms with Crippen LogP contribution in [-0.4, -0.2) is 22.2 Å². The van der Waals surface area contributed by atoms with Gasteiger partial charge in [-0.05, 0) is 37.5 Å². The molecular weight excluding hydrogens is 310 g/mol. The number of carbonyl (C=O) groups excluding carboxylic acids is 1. The molecule has 1 atom stereocenters. The molecule has 0 aliphatic heterocycles. The summed E-state index contributed by atoms with van der Waals surface area (Å²) in [6.45, 7) is 6.67. The molecule has 4 nitrogen and oxygen atoms in total. The van der Waals surface area contributed by atoms with Gasteiger partial charge in [-0.25, -0.2) is 4.68 Å². The first-order valence-electron chi connectivity index (χ1n) is 8.51. The zero-order chi connectivity index (χ0) is 17.8. The van der Waals surface area contributed by atoms with Crippen molar-refractivity contribution in [3.63, 3.8) is 0 Å². The van der Waals surface area contributed by atoms with Crippen molar-refractivity contribution < 1.29 is 4.79 Å². The fraction of sp³-hybridized carbons (Fsp3) is 0.238. The molecule has 4 heteroatoms. The zero-order valence-electron chi connectivity index (χ0n) is 14.9. The van der Waals surface area contributed by atoms with Gasteiger partial charge in [0.25, 0.3) is 5.91 Å². The van der Waals surface area contributed by atoms with Crippen molar-refractivity contribution in [1.82, 2.24) is 15.1 Å². The maximum absolute atomic E-state index is 12.5. The van der Waals surface area contributed by atoms with E-state index in [9.17, 15) is 4.79 Å². The van der Waals surface area contributed by atoms with Crippen LogP contribution < -0.4 is 5.32 Å². The average molecular weight is 333 g/mol. The van der Waals surface area contributed by atoms with E-state index in [1.54, 1.807) is 10.9 Å². The Balaban J connectivity index is 1.70. The molecule has 25 heavy (non-hydrogen) atoms. The van der Waals surface area contributed by atoms with E-state index in [0.29, 0.717) is 12.1 Å². The molecule has 1 unspecified atom stereocenters. The Morgan fingerprint density at radius 3 is 2.44 bits per heavy atom. The Morgan fingerprint density at radius 2 is 1.76 bits per heavy atom. The second kappa shape index (κ2) is 7.34. The molecule has 0 aliphatic rings.